The monoisotopic (exact) mass is 298 g/mol. The second-order valence-corrected chi connectivity index (χ2v) is 6.43. The molecule has 0 aliphatic rings. The summed E-state index contributed by atoms with van der Waals surface area (Å²) in [5.74, 6) is 1.87. The Morgan fingerprint density at radius 3 is 2.68 bits per heavy atom. The molecule has 0 fully saturated rings. The van der Waals surface area contributed by atoms with Gasteiger partial charge in [0.1, 0.15) is 0 Å². The predicted molar refractivity (Wildman–Crippen MR) is 93.2 cm³/mol. The van der Waals surface area contributed by atoms with Gasteiger partial charge in [-0.15, -0.1) is 0 Å². The molecule has 0 amide bonds. The molecule has 22 heavy (non-hydrogen) atoms. The van der Waals surface area contributed by atoms with E-state index in [-0.39, 0.29) is 1.43 Å². The average Bonchev–Trinajstić information content (AvgIpc) is 3.08. The van der Waals surface area contributed by atoms with Crippen LogP contribution in [0.15, 0.2) is 24.4 Å². The van der Waals surface area contributed by atoms with Crippen LogP contribution in [0, 0.1) is 0 Å². The van der Waals surface area contributed by atoms with Crippen molar-refractivity contribution in [1.29, 1.82) is 0 Å². The summed E-state index contributed by atoms with van der Waals surface area (Å²) in [4.78, 5) is 12.7. The van der Waals surface area contributed by atoms with E-state index in [0.717, 1.165) is 34.8 Å². The molecule has 3 heterocycles. The summed E-state index contributed by atoms with van der Waals surface area (Å²) >= 11 is 0. The van der Waals surface area contributed by atoms with Crippen LogP contribution < -0.4 is 0 Å². The number of nitrogens with zero attached hydrogens (tertiary/aromatic N) is 3. The molecular formula is C18H26N4. The van der Waals surface area contributed by atoms with Gasteiger partial charge in [-0.25, -0.2) is 9.97 Å². The zero-order chi connectivity index (χ0) is 15.9. The Morgan fingerprint density at radius 2 is 2.00 bits per heavy atom. The molecule has 1 atom stereocenters. The topological polar surface area (TPSA) is 46.5 Å². The molecule has 0 aromatic carbocycles. The minimum Gasteiger partial charge on any atom is -0.348 e. The van der Waals surface area contributed by atoms with Crippen LogP contribution in [0.5, 0.6) is 0 Å². The SMILES string of the molecule is CCC(C)c1cc(-c2nc3nc(C(C)C)ccc3[nH]2)n(C)c1.[HH]. The molecule has 0 spiro atoms. The normalized spacial score (nSPS) is 13.2. The van der Waals surface area contributed by atoms with Crippen LogP contribution in [0.4, 0.5) is 0 Å². The zero-order valence-electron chi connectivity index (χ0n) is 14.0. The highest BCUT2D eigenvalue weighted by Gasteiger charge is 2.14. The number of nitrogens with one attached hydrogen (secondary N) is 1. The molecule has 3 aromatic heterocycles. The van der Waals surface area contributed by atoms with Crippen LogP contribution in [0.25, 0.3) is 22.7 Å². The molecule has 4 heteroatoms. The van der Waals surface area contributed by atoms with E-state index in [1.54, 1.807) is 0 Å². The van der Waals surface area contributed by atoms with Crippen molar-refractivity contribution in [1.82, 2.24) is 19.5 Å². The second kappa shape index (κ2) is 5.59. The Kier molecular flexibility index (Phi) is 3.77. The highest BCUT2D eigenvalue weighted by atomic mass is 15.0. The minimum absolute atomic E-state index is 0. The maximum absolute atomic E-state index is 4.70. The summed E-state index contributed by atoms with van der Waals surface area (Å²) in [7, 11) is 2.07. The van der Waals surface area contributed by atoms with Crippen molar-refractivity contribution < 1.29 is 1.43 Å². The number of hydrogen-bond acceptors (Lipinski definition) is 2. The van der Waals surface area contributed by atoms with E-state index in [4.69, 9.17) is 4.98 Å². The molecule has 1 N–H and O–H groups in total. The Balaban J connectivity index is 0.00000192. The molecule has 0 radical (unpaired) electrons. The third-order valence-electron chi connectivity index (χ3n) is 4.41. The quantitative estimate of drug-likeness (QED) is 0.748. The summed E-state index contributed by atoms with van der Waals surface area (Å²) in [5.41, 5.74) is 5.34. The first-order chi connectivity index (χ1) is 10.5. The third kappa shape index (κ3) is 2.54. The van der Waals surface area contributed by atoms with Crippen molar-refractivity contribution in [3.63, 3.8) is 0 Å². The van der Waals surface area contributed by atoms with E-state index in [1.165, 1.54) is 5.56 Å². The maximum Gasteiger partial charge on any atom is 0.178 e. The van der Waals surface area contributed by atoms with Gasteiger partial charge >= 0.3 is 0 Å². The molecule has 4 nitrogen and oxygen atoms in total. The molecule has 0 bridgehead atoms. The number of imidazole rings is 1. The van der Waals surface area contributed by atoms with Crippen LogP contribution in [0.1, 0.15) is 58.6 Å². The second-order valence-electron chi connectivity index (χ2n) is 6.43. The lowest BCUT2D eigenvalue weighted by Crippen LogP contribution is -1.92. The fourth-order valence-corrected chi connectivity index (χ4v) is 2.68. The van der Waals surface area contributed by atoms with Gasteiger partial charge in [0.15, 0.2) is 11.5 Å². The van der Waals surface area contributed by atoms with Crippen molar-refractivity contribution in [2.24, 2.45) is 7.05 Å². The smallest absolute Gasteiger partial charge is 0.178 e. The van der Waals surface area contributed by atoms with Gasteiger partial charge in [-0.05, 0) is 42.0 Å². The predicted octanol–water partition coefficient (Wildman–Crippen LogP) is 4.85. The fraction of sp³-hybridized carbons (Fsp3) is 0.444. The average molecular weight is 298 g/mol. The number of pyridine rings is 1. The van der Waals surface area contributed by atoms with Gasteiger partial charge in [0.05, 0.1) is 11.2 Å². The fourth-order valence-electron chi connectivity index (χ4n) is 2.68. The van der Waals surface area contributed by atoms with Crippen molar-refractivity contribution in [2.75, 3.05) is 0 Å². The van der Waals surface area contributed by atoms with Gasteiger partial charge in [0, 0.05) is 20.4 Å². The van der Waals surface area contributed by atoms with E-state index in [1.807, 2.05) is 0 Å². The molecular weight excluding hydrogens is 272 g/mol. The van der Waals surface area contributed by atoms with Gasteiger partial charge in [0.2, 0.25) is 0 Å². The largest absolute Gasteiger partial charge is 0.348 e. The molecule has 0 aliphatic carbocycles. The van der Waals surface area contributed by atoms with Crippen LogP contribution in [0.2, 0.25) is 0 Å². The van der Waals surface area contributed by atoms with E-state index < -0.39 is 0 Å². The van der Waals surface area contributed by atoms with Crippen molar-refractivity contribution >= 4 is 11.2 Å². The summed E-state index contributed by atoms with van der Waals surface area (Å²) in [6, 6.07) is 6.38. The minimum atomic E-state index is 0. The molecule has 0 saturated heterocycles. The van der Waals surface area contributed by atoms with Gasteiger partial charge in [-0.1, -0.05) is 27.7 Å². The zero-order valence-corrected chi connectivity index (χ0v) is 14.0. The highest BCUT2D eigenvalue weighted by Crippen LogP contribution is 2.27. The number of fused-ring (bicyclic) bond motifs is 1. The first kappa shape index (κ1) is 14.8. The lowest BCUT2D eigenvalue weighted by atomic mass is 10.0. The van der Waals surface area contributed by atoms with Gasteiger partial charge < -0.3 is 9.55 Å². The van der Waals surface area contributed by atoms with Gasteiger partial charge in [-0.2, -0.15) is 0 Å². The molecule has 3 aromatic rings. The van der Waals surface area contributed by atoms with E-state index >= 15 is 0 Å². The Bertz CT molecular complexity index is 801. The summed E-state index contributed by atoms with van der Waals surface area (Å²) in [6.07, 6.45) is 3.34. The lowest BCUT2D eigenvalue weighted by molar-refractivity contribution is 0.730. The van der Waals surface area contributed by atoms with Crippen molar-refractivity contribution in [2.45, 2.75) is 46.0 Å². The summed E-state index contributed by atoms with van der Waals surface area (Å²) in [5, 5.41) is 0. The molecule has 0 aliphatic heterocycles. The number of aryl methyl sites for hydroxylation is 1. The van der Waals surface area contributed by atoms with E-state index in [0.29, 0.717) is 11.8 Å². The molecule has 0 saturated carbocycles. The standard InChI is InChI=1S/C18H24N4.H2/c1-6-12(4)13-9-16(22(5)10-13)18-20-15-8-7-14(11(2)3)19-17(15)21-18;/h7-12H,6H2,1-5H3,(H,19,20,21);1H. The first-order valence-electron chi connectivity index (χ1n) is 8.02. The van der Waals surface area contributed by atoms with Gasteiger partial charge in [-0.3, -0.25) is 0 Å². The summed E-state index contributed by atoms with van der Waals surface area (Å²) in [6.45, 7) is 8.78. The van der Waals surface area contributed by atoms with Crippen LogP contribution in [0.3, 0.4) is 0 Å². The summed E-state index contributed by atoms with van der Waals surface area (Å²) < 4.78 is 2.14. The Hall–Kier alpha value is -2.10. The molecule has 1 unspecified atom stereocenters. The maximum atomic E-state index is 4.70. The molecule has 118 valence electrons. The van der Waals surface area contributed by atoms with Crippen molar-refractivity contribution in [3.8, 4) is 11.5 Å². The van der Waals surface area contributed by atoms with Crippen LogP contribution in [-0.2, 0) is 7.05 Å². The van der Waals surface area contributed by atoms with E-state index in [2.05, 4.69) is 73.7 Å². The van der Waals surface area contributed by atoms with Crippen LogP contribution in [-0.4, -0.2) is 19.5 Å². The number of aromatic amines is 1. The number of aromatic nitrogens is 4. The number of hydrogen-bond donors (Lipinski definition) is 1. The molecule has 3 rings (SSSR count). The van der Waals surface area contributed by atoms with Crippen LogP contribution >= 0.6 is 0 Å². The third-order valence-corrected chi connectivity index (χ3v) is 4.41. The van der Waals surface area contributed by atoms with Crippen molar-refractivity contribution in [3.05, 3.63) is 35.7 Å². The Morgan fingerprint density at radius 1 is 1.23 bits per heavy atom. The van der Waals surface area contributed by atoms with Gasteiger partial charge in [0.25, 0.3) is 0 Å². The first-order valence-corrected chi connectivity index (χ1v) is 8.02. The highest BCUT2D eigenvalue weighted by molar-refractivity contribution is 5.75. The lowest BCUT2D eigenvalue weighted by Gasteiger charge is -2.03. The van der Waals surface area contributed by atoms with E-state index in [9.17, 15) is 0 Å². The number of H-pyrrole nitrogens is 1. The Labute approximate surface area is 133 Å². The number of rotatable bonds is 4.